The minimum absolute atomic E-state index is 0. The van der Waals surface area contributed by atoms with Crippen LogP contribution in [0.2, 0.25) is 0 Å². The summed E-state index contributed by atoms with van der Waals surface area (Å²) < 4.78 is 16.6. The monoisotopic (exact) mass is 291 g/mol. The van der Waals surface area contributed by atoms with Crippen molar-refractivity contribution in [2.75, 3.05) is 0 Å². The van der Waals surface area contributed by atoms with E-state index in [0.717, 1.165) is 0 Å². The molecule has 0 amide bonds. The molecule has 0 aliphatic carbocycles. The maximum absolute atomic E-state index is 8.34. The van der Waals surface area contributed by atoms with Crippen molar-refractivity contribution in [1.29, 1.82) is 0 Å². The summed E-state index contributed by atoms with van der Waals surface area (Å²) >= 11 is 0.800. The van der Waals surface area contributed by atoms with Crippen molar-refractivity contribution in [3.05, 3.63) is 0 Å². The fourth-order valence-corrected chi connectivity index (χ4v) is 0. The van der Waals surface area contributed by atoms with Crippen molar-refractivity contribution in [2.45, 2.75) is 0 Å². The van der Waals surface area contributed by atoms with Gasteiger partial charge in [0.25, 0.3) is 0 Å². The zero-order valence-electron chi connectivity index (χ0n) is 2.26. The molecule has 0 aromatic heterocycles. The van der Waals surface area contributed by atoms with Crippen LogP contribution in [-0.4, -0.2) is 51.0 Å². The predicted molar refractivity (Wildman–Crippen MR) is 16.5 cm³/mol. The number of hydrogen-bond acceptors (Lipinski definition) is 2. The first-order valence-electron chi connectivity index (χ1n) is 0.387. The van der Waals surface area contributed by atoms with Crippen LogP contribution in [0.5, 0.6) is 0 Å². The summed E-state index contributed by atoms with van der Waals surface area (Å²) in [6, 6.07) is 0. The van der Waals surface area contributed by atoms with Crippen LogP contribution in [0, 0.1) is 0 Å². The third kappa shape index (κ3) is 37.7. The van der Waals surface area contributed by atoms with Gasteiger partial charge in [-0.15, -0.1) is 0 Å². The van der Waals surface area contributed by atoms with E-state index in [9.17, 15) is 0 Å². The summed E-state index contributed by atoms with van der Waals surface area (Å²) in [5.41, 5.74) is 0. The van der Waals surface area contributed by atoms with E-state index in [4.69, 9.17) is 6.09 Å². The molecule has 0 rings (SSSR count). The van der Waals surface area contributed by atoms with Crippen LogP contribution in [0.25, 0.3) is 0 Å². The van der Waals surface area contributed by atoms with Crippen LogP contribution in [0.1, 0.15) is 0 Å². The van der Waals surface area contributed by atoms with Crippen molar-refractivity contribution >= 4 is 45.5 Å². The molecule has 0 spiro atoms. The van der Waals surface area contributed by atoms with E-state index in [0.29, 0.717) is 45.5 Å². The van der Waals surface area contributed by atoms with Crippen LogP contribution < -0.4 is 0 Å². The van der Waals surface area contributed by atoms with E-state index in [1.165, 1.54) is 0 Å². The van der Waals surface area contributed by atoms with E-state index in [2.05, 4.69) is 0 Å². The van der Waals surface area contributed by atoms with E-state index >= 15 is 0 Å². The van der Waals surface area contributed by atoms with Gasteiger partial charge in [-0.3, -0.25) is 0 Å². The summed E-state index contributed by atoms with van der Waals surface area (Å²) in [4.78, 5) is 0. The van der Waals surface area contributed by atoms with Crippen molar-refractivity contribution in [3.8, 4) is 0 Å². The van der Waals surface area contributed by atoms with Crippen molar-refractivity contribution < 1.29 is 11.6 Å². The van der Waals surface area contributed by atoms with Gasteiger partial charge in [0.15, 0.2) is 0 Å². The summed E-state index contributed by atoms with van der Waals surface area (Å²) in [6.45, 7) is 0. The zero-order valence-corrected chi connectivity index (χ0v) is 7.67. The van der Waals surface area contributed by atoms with E-state index in [1.807, 2.05) is 0 Å². The van der Waals surface area contributed by atoms with Gasteiger partial charge in [0.1, 0.15) is 0 Å². The Morgan fingerprint density at radius 1 is 1.20 bits per heavy atom. The predicted octanol–water partition coefficient (Wildman–Crippen LogP) is -1.82. The quantitative estimate of drug-likeness (QED) is 0.493. The van der Waals surface area contributed by atoms with Gasteiger partial charge in [0.05, 0.1) is 0 Å². The second kappa shape index (κ2) is 65.2. The van der Waals surface area contributed by atoms with Crippen LogP contribution in [0.3, 0.4) is 0 Å². The average molecular weight is 290 g/mol. The van der Waals surface area contributed by atoms with Crippen molar-refractivity contribution in [1.82, 2.24) is 0 Å². The SMILES string of the molecule is O.[O]=[Sb].[O]=[Sn]. The van der Waals surface area contributed by atoms with Gasteiger partial charge < -0.3 is 5.48 Å². The first kappa shape index (κ1) is 16.4. The van der Waals surface area contributed by atoms with Crippen LogP contribution in [0.4, 0.5) is 0 Å². The molecule has 0 unspecified atom stereocenters. The van der Waals surface area contributed by atoms with Crippen molar-refractivity contribution in [2.24, 2.45) is 0 Å². The Bertz CT molecular complexity index is 8.85. The fraction of sp³-hybridized carbons (Fsp3) is 0. The Kier molecular flexibility index (Phi) is 214. The molecule has 0 aliphatic heterocycles. The third-order valence-electron chi connectivity index (χ3n) is 0. The summed E-state index contributed by atoms with van der Waals surface area (Å²) in [5, 5.41) is 0. The van der Waals surface area contributed by atoms with Gasteiger partial charge in [-0.1, -0.05) is 0 Å². The van der Waals surface area contributed by atoms with Gasteiger partial charge >= 0.3 is 51.6 Å². The molecular weight excluding hydrogens is 288 g/mol. The Morgan fingerprint density at radius 2 is 1.20 bits per heavy atom. The molecule has 2 N–H and O–H groups in total. The molecule has 0 fully saturated rings. The molecule has 0 atom stereocenters. The maximum atomic E-state index is 8.34. The molecule has 0 aliphatic rings. The second-order valence-corrected chi connectivity index (χ2v) is 0. The molecule has 0 heterocycles. The third-order valence-corrected chi connectivity index (χ3v) is 0. The molecule has 5 heteroatoms. The summed E-state index contributed by atoms with van der Waals surface area (Å²) in [5.74, 6) is 0. The van der Waals surface area contributed by atoms with Gasteiger partial charge in [0.2, 0.25) is 0 Å². The zero-order chi connectivity index (χ0) is 4.00. The number of rotatable bonds is 0. The van der Waals surface area contributed by atoms with E-state index in [1.54, 1.807) is 0 Å². The van der Waals surface area contributed by atoms with Gasteiger partial charge in [-0.25, -0.2) is 0 Å². The molecule has 3 radical (unpaired) electrons. The molecule has 5 heavy (non-hydrogen) atoms. The molecule has 3 nitrogen and oxygen atoms in total. The Balaban J connectivity index is -0.0000000133. The number of hydrogen-bond donors (Lipinski definition) is 0. The Labute approximate surface area is 56.8 Å². The van der Waals surface area contributed by atoms with Crippen LogP contribution in [0.15, 0.2) is 0 Å². The van der Waals surface area contributed by atoms with E-state index in [-0.39, 0.29) is 5.48 Å². The first-order valence-corrected chi connectivity index (χ1v) is 2.59. The molecule has 0 saturated heterocycles. The second-order valence-electron chi connectivity index (χ2n) is 0. The van der Waals surface area contributed by atoms with Gasteiger partial charge in [0, 0.05) is 0 Å². The summed E-state index contributed by atoms with van der Waals surface area (Å²) in [7, 11) is 0. The first-order chi connectivity index (χ1) is 2.00. The molecule has 29 valence electrons. The Hall–Kier alpha value is 1.18. The van der Waals surface area contributed by atoms with Gasteiger partial charge in [-0.05, 0) is 0 Å². The topological polar surface area (TPSA) is 65.6 Å². The minimum atomic E-state index is 0. The Morgan fingerprint density at radius 3 is 1.20 bits per heavy atom. The fourth-order valence-electron chi connectivity index (χ4n) is 0. The standard InChI is InChI=1S/H2O.2O.Sb.Sn/h1H2;;;;. The molecule has 0 aromatic rings. The normalized spacial score (nSPS) is 1.60. The summed E-state index contributed by atoms with van der Waals surface area (Å²) in [6.07, 6.45) is 0. The van der Waals surface area contributed by atoms with Crippen LogP contribution in [-0.2, 0) is 6.09 Å². The molecule has 0 bridgehead atoms. The molecule has 0 aromatic carbocycles. The van der Waals surface area contributed by atoms with Crippen LogP contribution >= 0.6 is 0 Å². The van der Waals surface area contributed by atoms with Crippen molar-refractivity contribution in [3.63, 3.8) is 0 Å². The van der Waals surface area contributed by atoms with E-state index < -0.39 is 0 Å². The molecular formula is H2O3SbSn. The van der Waals surface area contributed by atoms with Gasteiger partial charge in [-0.2, -0.15) is 0 Å². The average Bonchev–Trinajstić information content (AvgIpc) is 1.50. The molecule has 0 saturated carbocycles.